The summed E-state index contributed by atoms with van der Waals surface area (Å²) in [6.45, 7) is 2.25. The van der Waals surface area contributed by atoms with Crippen LogP contribution in [0.25, 0.3) is 6.08 Å². The first-order valence-corrected chi connectivity index (χ1v) is 9.10. The first kappa shape index (κ1) is 16.5. The highest BCUT2D eigenvalue weighted by Gasteiger charge is 2.35. The molecule has 118 valence electrons. The molecular weight excluding hydrogens is 446 g/mol. The molecule has 1 aliphatic heterocycles. The van der Waals surface area contributed by atoms with Crippen LogP contribution < -0.4 is 0 Å². The Morgan fingerprint density at radius 2 is 2.04 bits per heavy atom. The number of hydrogen-bond donors (Lipinski definition) is 0. The summed E-state index contributed by atoms with van der Waals surface area (Å²) in [5.74, 6) is 0.204. The van der Waals surface area contributed by atoms with Gasteiger partial charge in [0, 0.05) is 6.08 Å². The molecule has 2 aromatic rings. The zero-order chi connectivity index (χ0) is 16.6. The van der Waals surface area contributed by atoms with E-state index in [0.717, 1.165) is 27.4 Å². The van der Waals surface area contributed by atoms with Crippen molar-refractivity contribution in [3.05, 3.63) is 61.3 Å². The molecule has 23 heavy (non-hydrogen) atoms. The summed E-state index contributed by atoms with van der Waals surface area (Å²) in [6.07, 6.45) is 1.58. The van der Waals surface area contributed by atoms with E-state index in [0.29, 0.717) is 15.3 Å². The fraction of sp³-hybridized carbons (Fsp3) is 0.125. The van der Waals surface area contributed by atoms with Gasteiger partial charge in [-0.1, -0.05) is 29.8 Å². The summed E-state index contributed by atoms with van der Waals surface area (Å²) < 4.78 is 6.72. The van der Waals surface area contributed by atoms with Gasteiger partial charge in [-0.15, -0.1) is 0 Å². The predicted molar refractivity (Wildman–Crippen MR) is 96.8 cm³/mol. The summed E-state index contributed by atoms with van der Waals surface area (Å²) >= 11 is 7.48. The number of hydrogen-bond acceptors (Lipinski definition) is 4. The number of benzene rings is 1. The van der Waals surface area contributed by atoms with E-state index < -0.39 is 0 Å². The van der Waals surface area contributed by atoms with Crippen molar-refractivity contribution >= 4 is 60.8 Å². The van der Waals surface area contributed by atoms with E-state index in [-0.39, 0.29) is 17.7 Å². The first-order chi connectivity index (χ1) is 10.9. The predicted octanol–water partition coefficient (Wildman–Crippen LogP) is 5.35. The van der Waals surface area contributed by atoms with Crippen LogP contribution >= 0.6 is 43.6 Å². The maximum atomic E-state index is 12.5. The van der Waals surface area contributed by atoms with Crippen molar-refractivity contribution in [3.63, 3.8) is 0 Å². The summed E-state index contributed by atoms with van der Waals surface area (Å²) in [7, 11) is 0. The van der Waals surface area contributed by atoms with Crippen LogP contribution in [0.3, 0.4) is 0 Å². The minimum atomic E-state index is -0.301. The Balaban J connectivity index is 1.82. The van der Waals surface area contributed by atoms with E-state index in [1.165, 1.54) is 4.90 Å². The van der Waals surface area contributed by atoms with Gasteiger partial charge in [0.25, 0.3) is 11.1 Å². The fourth-order valence-electron chi connectivity index (χ4n) is 2.19. The lowest BCUT2D eigenvalue weighted by Crippen LogP contribution is -2.27. The van der Waals surface area contributed by atoms with Crippen LogP contribution in [0.4, 0.5) is 4.79 Å². The standard InChI is InChI=1S/C16H11Br2NO3S/c1-9-3-2-4-10(5-9)8-19-15(20)13(23-16(19)21)7-11-6-12(17)14(18)22-11/h2-7H,8H2,1H3/b13-7-. The van der Waals surface area contributed by atoms with E-state index >= 15 is 0 Å². The van der Waals surface area contributed by atoms with Gasteiger partial charge in [-0.3, -0.25) is 14.5 Å². The highest BCUT2D eigenvalue weighted by molar-refractivity contribution is 9.13. The van der Waals surface area contributed by atoms with Crippen LogP contribution in [-0.4, -0.2) is 16.0 Å². The Labute approximate surface area is 154 Å². The van der Waals surface area contributed by atoms with Gasteiger partial charge in [0.2, 0.25) is 0 Å². The SMILES string of the molecule is Cc1cccc(CN2C(=O)S/C(=C\c3cc(Br)c(Br)o3)C2=O)c1. The van der Waals surface area contributed by atoms with Gasteiger partial charge in [0.05, 0.1) is 15.9 Å². The smallest absolute Gasteiger partial charge is 0.293 e. The van der Waals surface area contributed by atoms with Gasteiger partial charge in [-0.25, -0.2) is 0 Å². The van der Waals surface area contributed by atoms with Gasteiger partial charge in [0.1, 0.15) is 5.76 Å². The Morgan fingerprint density at radius 1 is 1.26 bits per heavy atom. The van der Waals surface area contributed by atoms with Crippen LogP contribution in [-0.2, 0) is 11.3 Å². The topological polar surface area (TPSA) is 50.5 Å². The number of nitrogens with zero attached hydrogens (tertiary/aromatic N) is 1. The average Bonchev–Trinajstić information content (AvgIpc) is 2.93. The molecule has 1 aromatic heterocycles. The maximum absolute atomic E-state index is 12.5. The lowest BCUT2D eigenvalue weighted by atomic mass is 10.1. The van der Waals surface area contributed by atoms with Gasteiger partial charge >= 0.3 is 0 Å². The molecule has 0 spiro atoms. The van der Waals surface area contributed by atoms with Crippen LogP contribution in [0.15, 0.2) is 48.8 Å². The van der Waals surface area contributed by atoms with Gasteiger partial charge in [-0.2, -0.15) is 0 Å². The van der Waals surface area contributed by atoms with Gasteiger partial charge < -0.3 is 4.42 Å². The molecular formula is C16H11Br2NO3S. The Kier molecular flexibility index (Phi) is 4.79. The zero-order valence-electron chi connectivity index (χ0n) is 12.0. The molecule has 0 unspecified atom stereocenters. The second-order valence-electron chi connectivity index (χ2n) is 5.03. The van der Waals surface area contributed by atoms with Crippen molar-refractivity contribution in [2.24, 2.45) is 0 Å². The minimum Gasteiger partial charge on any atom is -0.449 e. The van der Waals surface area contributed by atoms with Crippen molar-refractivity contribution in [1.29, 1.82) is 0 Å². The molecule has 2 heterocycles. The lowest BCUT2D eigenvalue weighted by Gasteiger charge is -2.12. The molecule has 0 radical (unpaired) electrons. The third-order valence-corrected chi connectivity index (χ3v) is 5.85. The number of thioether (sulfide) groups is 1. The van der Waals surface area contributed by atoms with E-state index in [2.05, 4.69) is 31.9 Å². The van der Waals surface area contributed by atoms with E-state index in [9.17, 15) is 9.59 Å². The molecule has 1 aliphatic rings. The van der Waals surface area contributed by atoms with Crippen molar-refractivity contribution in [3.8, 4) is 0 Å². The number of halogens is 2. The number of rotatable bonds is 3. The molecule has 7 heteroatoms. The number of furan rings is 1. The number of aryl methyl sites for hydroxylation is 1. The molecule has 1 fully saturated rings. The summed E-state index contributed by atoms with van der Waals surface area (Å²) in [5.41, 5.74) is 2.02. The molecule has 1 saturated heterocycles. The van der Waals surface area contributed by atoms with Gasteiger partial charge in [0.15, 0.2) is 4.67 Å². The van der Waals surface area contributed by atoms with E-state index in [1.54, 1.807) is 12.1 Å². The molecule has 4 nitrogen and oxygen atoms in total. The number of imide groups is 1. The second kappa shape index (κ2) is 6.67. The second-order valence-corrected chi connectivity index (χ2v) is 7.60. The molecule has 0 atom stereocenters. The summed E-state index contributed by atoms with van der Waals surface area (Å²) in [5, 5.41) is -0.271. The third kappa shape index (κ3) is 3.62. The maximum Gasteiger partial charge on any atom is 0.293 e. The fourth-order valence-corrected chi connectivity index (χ4v) is 3.62. The number of amides is 2. The monoisotopic (exact) mass is 455 g/mol. The first-order valence-electron chi connectivity index (χ1n) is 6.70. The number of carbonyl (C=O) groups excluding carboxylic acids is 2. The molecule has 2 amide bonds. The molecule has 0 N–H and O–H groups in total. The third-order valence-electron chi connectivity index (χ3n) is 3.23. The Hall–Kier alpha value is -1.31. The Bertz CT molecular complexity index is 809. The van der Waals surface area contributed by atoms with Crippen molar-refractivity contribution < 1.29 is 14.0 Å². The van der Waals surface area contributed by atoms with Crippen LogP contribution in [0.2, 0.25) is 0 Å². The number of carbonyl (C=O) groups is 2. The van der Waals surface area contributed by atoms with Crippen LogP contribution in [0.5, 0.6) is 0 Å². The average molecular weight is 457 g/mol. The lowest BCUT2D eigenvalue weighted by molar-refractivity contribution is -0.123. The highest BCUT2D eigenvalue weighted by atomic mass is 79.9. The van der Waals surface area contributed by atoms with Crippen molar-refractivity contribution in [2.75, 3.05) is 0 Å². The van der Waals surface area contributed by atoms with Crippen LogP contribution in [0, 0.1) is 6.92 Å². The molecule has 0 saturated carbocycles. The van der Waals surface area contributed by atoms with Crippen molar-refractivity contribution in [1.82, 2.24) is 4.90 Å². The van der Waals surface area contributed by atoms with Crippen molar-refractivity contribution in [2.45, 2.75) is 13.5 Å². The molecule has 1 aromatic carbocycles. The molecule has 3 rings (SSSR count). The summed E-state index contributed by atoms with van der Waals surface area (Å²) in [4.78, 5) is 26.2. The normalized spacial score (nSPS) is 16.7. The van der Waals surface area contributed by atoms with Crippen LogP contribution in [0.1, 0.15) is 16.9 Å². The zero-order valence-corrected chi connectivity index (χ0v) is 16.0. The highest BCUT2D eigenvalue weighted by Crippen LogP contribution is 2.35. The largest absolute Gasteiger partial charge is 0.449 e. The quantitative estimate of drug-likeness (QED) is 0.584. The Morgan fingerprint density at radius 3 is 2.70 bits per heavy atom. The summed E-state index contributed by atoms with van der Waals surface area (Å²) in [6, 6.07) is 9.49. The molecule has 0 aliphatic carbocycles. The van der Waals surface area contributed by atoms with E-state index in [1.807, 2.05) is 31.2 Å². The van der Waals surface area contributed by atoms with Gasteiger partial charge in [-0.05, 0) is 62.2 Å². The minimum absolute atomic E-state index is 0.271. The molecule has 0 bridgehead atoms. The van der Waals surface area contributed by atoms with E-state index in [4.69, 9.17) is 4.42 Å².